The lowest BCUT2D eigenvalue weighted by atomic mass is 9.78. The van der Waals surface area contributed by atoms with Gasteiger partial charge in [-0.25, -0.2) is 0 Å². The lowest BCUT2D eigenvalue weighted by molar-refractivity contribution is 0.215. The van der Waals surface area contributed by atoms with Gasteiger partial charge in [0.15, 0.2) is 0 Å². The molecule has 3 atom stereocenters. The summed E-state index contributed by atoms with van der Waals surface area (Å²) in [6.45, 7) is 4.74. The Hall–Kier alpha value is -0.0400. The fraction of sp³-hybridized carbons (Fsp3) is 1.00. The van der Waals surface area contributed by atoms with Crippen molar-refractivity contribution >= 4 is 0 Å². The summed E-state index contributed by atoms with van der Waals surface area (Å²) >= 11 is 0. The van der Waals surface area contributed by atoms with Crippen molar-refractivity contribution in [2.24, 2.45) is 11.8 Å². The number of hydrogen-bond acceptors (Lipinski definition) is 1. The third-order valence-electron chi connectivity index (χ3n) is 3.08. The Balaban J connectivity index is 2.42. The quantitative estimate of drug-likeness (QED) is 0.589. The van der Waals surface area contributed by atoms with Crippen molar-refractivity contribution < 1.29 is 0 Å². The van der Waals surface area contributed by atoms with Crippen molar-refractivity contribution in [1.29, 1.82) is 0 Å². The van der Waals surface area contributed by atoms with E-state index in [0.29, 0.717) is 0 Å². The summed E-state index contributed by atoms with van der Waals surface area (Å²) < 4.78 is 0. The molecule has 1 aliphatic rings. The standard InChI is InChI=1S/C9H19N/c1-7-5-4-6-9(10-3)8(7)2/h7-10H,4-6H2,1-3H3/t7-,8+,9+/m0/s1. The average molecular weight is 141 g/mol. The maximum absolute atomic E-state index is 3.38. The first-order valence-electron chi connectivity index (χ1n) is 4.43. The SMILES string of the molecule is CN[C@@H]1CCC[C@H](C)[C@H]1C. The molecule has 1 fully saturated rings. The van der Waals surface area contributed by atoms with Gasteiger partial charge in [-0.15, -0.1) is 0 Å². The van der Waals surface area contributed by atoms with Crippen molar-refractivity contribution in [1.82, 2.24) is 5.32 Å². The van der Waals surface area contributed by atoms with Gasteiger partial charge in [-0.2, -0.15) is 0 Å². The molecule has 1 N–H and O–H groups in total. The fourth-order valence-electron chi connectivity index (χ4n) is 1.99. The number of nitrogens with one attached hydrogen (secondary N) is 1. The summed E-state index contributed by atoms with van der Waals surface area (Å²) in [4.78, 5) is 0. The molecule has 60 valence electrons. The first-order valence-corrected chi connectivity index (χ1v) is 4.43. The Labute approximate surface area is 64.2 Å². The zero-order valence-corrected chi connectivity index (χ0v) is 7.35. The normalized spacial score (nSPS) is 41.7. The van der Waals surface area contributed by atoms with Crippen molar-refractivity contribution in [3.8, 4) is 0 Å². The van der Waals surface area contributed by atoms with Crippen LogP contribution >= 0.6 is 0 Å². The van der Waals surface area contributed by atoms with E-state index in [4.69, 9.17) is 0 Å². The van der Waals surface area contributed by atoms with Gasteiger partial charge >= 0.3 is 0 Å². The fourth-order valence-corrected chi connectivity index (χ4v) is 1.99. The van der Waals surface area contributed by atoms with E-state index in [-0.39, 0.29) is 0 Å². The Morgan fingerprint density at radius 1 is 1.20 bits per heavy atom. The molecule has 1 saturated carbocycles. The largest absolute Gasteiger partial charge is 0.317 e. The average Bonchev–Trinajstić information content (AvgIpc) is 1.95. The van der Waals surface area contributed by atoms with Gasteiger partial charge < -0.3 is 5.32 Å². The molecule has 1 rings (SSSR count). The molecule has 0 spiro atoms. The highest BCUT2D eigenvalue weighted by molar-refractivity contribution is 4.80. The topological polar surface area (TPSA) is 12.0 Å². The second-order valence-electron chi connectivity index (χ2n) is 3.66. The molecule has 1 aliphatic carbocycles. The van der Waals surface area contributed by atoms with Gasteiger partial charge in [-0.3, -0.25) is 0 Å². The third-order valence-corrected chi connectivity index (χ3v) is 3.08. The molecule has 1 heteroatoms. The molecule has 0 aromatic carbocycles. The molecule has 0 amide bonds. The second kappa shape index (κ2) is 3.38. The zero-order chi connectivity index (χ0) is 7.56. The van der Waals surface area contributed by atoms with Crippen molar-refractivity contribution in [3.05, 3.63) is 0 Å². The Morgan fingerprint density at radius 2 is 1.90 bits per heavy atom. The van der Waals surface area contributed by atoms with Crippen LogP contribution < -0.4 is 5.32 Å². The number of hydrogen-bond donors (Lipinski definition) is 1. The third kappa shape index (κ3) is 1.51. The summed E-state index contributed by atoms with van der Waals surface area (Å²) in [7, 11) is 2.08. The molecule has 0 saturated heterocycles. The Morgan fingerprint density at radius 3 is 2.40 bits per heavy atom. The maximum Gasteiger partial charge on any atom is 0.00922 e. The van der Waals surface area contributed by atoms with Gasteiger partial charge in [0.25, 0.3) is 0 Å². The monoisotopic (exact) mass is 141 g/mol. The zero-order valence-electron chi connectivity index (χ0n) is 7.35. The minimum absolute atomic E-state index is 0.781. The van der Waals surface area contributed by atoms with Crippen LogP contribution in [-0.4, -0.2) is 13.1 Å². The molecule has 0 aromatic rings. The molecule has 0 aromatic heterocycles. The first-order chi connectivity index (χ1) is 4.75. The Bertz CT molecular complexity index is 101. The lowest BCUT2D eigenvalue weighted by Gasteiger charge is -2.33. The van der Waals surface area contributed by atoms with Crippen LogP contribution in [0, 0.1) is 11.8 Å². The van der Waals surface area contributed by atoms with E-state index in [9.17, 15) is 0 Å². The smallest absolute Gasteiger partial charge is 0.00922 e. The van der Waals surface area contributed by atoms with Crippen LogP contribution in [0.15, 0.2) is 0 Å². The van der Waals surface area contributed by atoms with Crippen LogP contribution in [-0.2, 0) is 0 Å². The van der Waals surface area contributed by atoms with Gasteiger partial charge in [0.2, 0.25) is 0 Å². The molecule has 0 heterocycles. The van der Waals surface area contributed by atoms with Crippen molar-refractivity contribution in [2.75, 3.05) is 7.05 Å². The van der Waals surface area contributed by atoms with Gasteiger partial charge in [-0.05, 0) is 25.3 Å². The summed E-state index contributed by atoms with van der Waals surface area (Å²) in [6.07, 6.45) is 4.22. The number of rotatable bonds is 1. The van der Waals surface area contributed by atoms with E-state index in [2.05, 4.69) is 26.2 Å². The van der Waals surface area contributed by atoms with E-state index < -0.39 is 0 Å². The molecule has 0 bridgehead atoms. The van der Waals surface area contributed by atoms with Crippen LogP contribution in [0.2, 0.25) is 0 Å². The maximum atomic E-state index is 3.38. The lowest BCUT2D eigenvalue weighted by Crippen LogP contribution is -2.38. The van der Waals surface area contributed by atoms with Crippen LogP contribution in [0.25, 0.3) is 0 Å². The summed E-state index contributed by atoms with van der Waals surface area (Å²) in [6, 6.07) is 0.781. The molecular formula is C9H19N. The predicted molar refractivity (Wildman–Crippen MR) is 45.0 cm³/mol. The summed E-state index contributed by atoms with van der Waals surface area (Å²) in [5.74, 6) is 1.80. The molecular weight excluding hydrogens is 122 g/mol. The van der Waals surface area contributed by atoms with Gasteiger partial charge in [-0.1, -0.05) is 26.7 Å². The Kier molecular flexibility index (Phi) is 2.72. The predicted octanol–water partition coefficient (Wildman–Crippen LogP) is 2.03. The van der Waals surface area contributed by atoms with Crippen molar-refractivity contribution in [3.63, 3.8) is 0 Å². The molecule has 0 aliphatic heterocycles. The van der Waals surface area contributed by atoms with E-state index in [1.807, 2.05) is 0 Å². The highest BCUT2D eigenvalue weighted by atomic mass is 14.9. The van der Waals surface area contributed by atoms with E-state index in [1.165, 1.54) is 19.3 Å². The summed E-state index contributed by atoms with van der Waals surface area (Å²) in [5, 5.41) is 3.38. The molecule has 0 unspecified atom stereocenters. The minimum Gasteiger partial charge on any atom is -0.317 e. The van der Waals surface area contributed by atoms with Crippen LogP contribution in [0.1, 0.15) is 33.1 Å². The van der Waals surface area contributed by atoms with Gasteiger partial charge in [0, 0.05) is 6.04 Å². The van der Waals surface area contributed by atoms with E-state index >= 15 is 0 Å². The highest BCUT2D eigenvalue weighted by Crippen LogP contribution is 2.28. The van der Waals surface area contributed by atoms with E-state index in [1.54, 1.807) is 0 Å². The van der Waals surface area contributed by atoms with Crippen LogP contribution in [0.5, 0.6) is 0 Å². The molecule has 10 heavy (non-hydrogen) atoms. The second-order valence-corrected chi connectivity index (χ2v) is 3.66. The van der Waals surface area contributed by atoms with Crippen molar-refractivity contribution in [2.45, 2.75) is 39.2 Å². The van der Waals surface area contributed by atoms with Crippen LogP contribution in [0.4, 0.5) is 0 Å². The van der Waals surface area contributed by atoms with Gasteiger partial charge in [0.05, 0.1) is 0 Å². The van der Waals surface area contributed by atoms with Crippen LogP contribution in [0.3, 0.4) is 0 Å². The molecule has 0 radical (unpaired) electrons. The van der Waals surface area contributed by atoms with Gasteiger partial charge in [0.1, 0.15) is 0 Å². The first kappa shape index (κ1) is 8.06. The minimum atomic E-state index is 0.781. The summed E-state index contributed by atoms with van der Waals surface area (Å²) in [5.41, 5.74) is 0. The highest BCUT2D eigenvalue weighted by Gasteiger charge is 2.25. The molecule has 1 nitrogen and oxygen atoms in total. The van der Waals surface area contributed by atoms with E-state index in [0.717, 1.165) is 17.9 Å².